The number of hydrogen-bond acceptors (Lipinski definition) is 5. The number of anilines is 1. The first-order valence-electron chi connectivity index (χ1n) is 7.79. The van der Waals surface area contributed by atoms with Crippen LogP contribution in [0.5, 0.6) is 0 Å². The number of benzene rings is 1. The molecule has 8 nitrogen and oxygen atoms in total. The molecule has 1 unspecified atom stereocenters. The van der Waals surface area contributed by atoms with Crippen molar-refractivity contribution in [1.29, 1.82) is 0 Å². The van der Waals surface area contributed by atoms with Crippen molar-refractivity contribution >= 4 is 51.6 Å². The van der Waals surface area contributed by atoms with E-state index in [2.05, 4.69) is 15.6 Å². The number of nitrogens with zero attached hydrogens (tertiary/aromatic N) is 3. The standard InChI is InChI=1S/C15H15Cl2F3N6O2S/c1-3-9(27)23-24-13(21)10-12(29(2)28)14(22)26(25-10)11-7(16)4-6(5-8(11)17)15(18,19)20/h4-5H,3,22H2,1-2H3,(H2,21,24)(H,23,27). The van der Waals surface area contributed by atoms with E-state index in [1.54, 1.807) is 6.92 Å². The van der Waals surface area contributed by atoms with Crippen LogP contribution in [0.3, 0.4) is 0 Å². The topological polar surface area (TPSA) is 128 Å². The first kappa shape index (κ1) is 23.0. The Hall–Kier alpha value is -2.31. The van der Waals surface area contributed by atoms with Crippen LogP contribution in [0.15, 0.2) is 22.1 Å². The van der Waals surface area contributed by atoms with E-state index in [-0.39, 0.29) is 34.4 Å². The fourth-order valence-corrected chi connectivity index (χ4v) is 3.67. The molecular weight excluding hydrogens is 456 g/mol. The molecule has 1 aromatic heterocycles. The second-order valence-corrected chi connectivity index (χ2v) is 7.73. The number of amidine groups is 1. The van der Waals surface area contributed by atoms with Crippen LogP contribution in [0.1, 0.15) is 24.6 Å². The molecule has 1 amide bonds. The summed E-state index contributed by atoms with van der Waals surface area (Å²) in [5.74, 6) is -0.973. The summed E-state index contributed by atoms with van der Waals surface area (Å²) < 4.78 is 51.9. The lowest BCUT2D eigenvalue weighted by atomic mass is 10.2. The van der Waals surface area contributed by atoms with E-state index in [9.17, 15) is 22.2 Å². The van der Waals surface area contributed by atoms with Crippen LogP contribution < -0.4 is 16.9 Å². The van der Waals surface area contributed by atoms with Crippen LogP contribution >= 0.6 is 23.2 Å². The Morgan fingerprint density at radius 2 is 1.90 bits per heavy atom. The molecule has 0 saturated carbocycles. The molecule has 0 spiro atoms. The van der Waals surface area contributed by atoms with E-state index in [1.165, 1.54) is 6.26 Å². The highest BCUT2D eigenvalue weighted by atomic mass is 35.5. The number of nitrogens with one attached hydrogen (secondary N) is 1. The molecule has 1 heterocycles. The van der Waals surface area contributed by atoms with Gasteiger partial charge in [0.1, 0.15) is 22.1 Å². The largest absolute Gasteiger partial charge is 0.416 e. The second kappa shape index (κ2) is 8.59. The number of alkyl halides is 3. The molecule has 2 rings (SSSR count). The summed E-state index contributed by atoms with van der Waals surface area (Å²) in [4.78, 5) is 11.3. The third kappa shape index (κ3) is 4.82. The van der Waals surface area contributed by atoms with Gasteiger partial charge < -0.3 is 11.5 Å². The number of nitrogens with two attached hydrogens (primary N) is 2. The molecule has 0 saturated heterocycles. The molecule has 5 N–H and O–H groups in total. The first-order chi connectivity index (χ1) is 13.4. The van der Waals surface area contributed by atoms with Crippen LogP contribution in [-0.2, 0) is 21.8 Å². The highest BCUT2D eigenvalue weighted by Crippen LogP contribution is 2.39. The summed E-state index contributed by atoms with van der Waals surface area (Å²) in [6, 6.07) is 1.32. The molecular formula is C15H15Cl2F3N6O2S. The predicted molar refractivity (Wildman–Crippen MR) is 104 cm³/mol. The van der Waals surface area contributed by atoms with Crippen LogP contribution in [0.25, 0.3) is 5.69 Å². The lowest BCUT2D eigenvalue weighted by Gasteiger charge is -2.13. The smallest absolute Gasteiger partial charge is 0.383 e. The summed E-state index contributed by atoms with van der Waals surface area (Å²) in [5.41, 5.74) is 12.6. The second-order valence-electron chi connectivity index (χ2n) is 5.60. The van der Waals surface area contributed by atoms with Gasteiger partial charge in [-0.2, -0.15) is 23.4 Å². The average Bonchev–Trinajstić information content (AvgIpc) is 2.95. The lowest BCUT2D eigenvalue weighted by molar-refractivity contribution is -0.137. The highest BCUT2D eigenvalue weighted by molar-refractivity contribution is 7.84. The maximum atomic E-state index is 12.9. The van der Waals surface area contributed by atoms with Crippen molar-refractivity contribution in [3.8, 4) is 5.69 Å². The number of amides is 1. The molecule has 2 aromatic rings. The minimum Gasteiger partial charge on any atom is -0.383 e. The minimum atomic E-state index is -4.67. The maximum Gasteiger partial charge on any atom is 0.416 e. The van der Waals surface area contributed by atoms with Crippen molar-refractivity contribution < 1.29 is 22.2 Å². The summed E-state index contributed by atoms with van der Waals surface area (Å²) in [5, 5.41) is 6.93. The minimum absolute atomic E-state index is 0.0518. The van der Waals surface area contributed by atoms with Crippen LogP contribution in [0, 0.1) is 0 Å². The number of hydrogen-bond donors (Lipinski definition) is 3. The van der Waals surface area contributed by atoms with Gasteiger partial charge in [-0.15, -0.1) is 0 Å². The fraction of sp³-hybridized carbons (Fsp3) is 0.267. The zero-order chi connectivity index (χ0) is 22.1. The zero-order valence-electron chi connectivity index (χ0n) is 15.0. The van der Waals surface area contributed by atoms with E-state index < -0.39 is 38.5 Å². The third-order valence-corrected chi connectivity index (χ3v) is 5.14. The molecule has 0 aliphatic carbocycles. The third-order valence-electron chi connectivity index (χ3n) is 3.58. The Morgan fingerprint density at radius 3 is 2.34 bits per heavy atom. The van der Waals surface area contributed by atoms with Crippen LogP contribution in [0.4, 0.5) is 19.0 Å². The fourth-order valence-electron chi connectivity index (χ4n) is 2.22. The molecule has 158 valence electrons. The summed E-state index contributed by atoms with van der Waals surface area (Å²) in [6.07, 6.45) is -3.25. The van der Waals surface area contributed by atoms with Gasteiger partial charge in [-0.25, -0.2) is 10.1 Å². The van der Waals surface area contributed by atoms with E-state index in [0.29, 0.717) is 12.1 Å². The summed E-state index contributed by atoms with van der Waals surface area (Å²) in [7, 11) is -1.72. The normalized spacial score (nSPS) is 13.4. The van der Waals surface area contributed by atoms with Gasteiger partial charge in [0.25, 0.3) is 0 Å². The van der Waals surface area contributed by atoms with E-state index in [1.807, 2.05) is 0 Å². The Kier molecular flexibility index (Phi) is 6.81. The van der Waals surface area contributed by atoms with Gasteiger partial charge in [-0.1, -0.05) is 30.1 Å². The van der Waals surface area contributed by atoms with Gasteiger partial charge in [0.05, 0.1) is 26.4 Å². The van der Waals surface area contributed by atoms with Crippen molar-refractivity contribution in [2.45, 2.75) is 24.4 Å². The number of carbonyl (C=O) groups excluding carboxylic acids is 1. The molecule has 14 heteroatoms. The van der Waals surface area contributed by atoms with Crippen molar-refractivity contribution in [1.82, 2.24) is 15.2 Å². The SMILES string of the molecule is CCC(=O)NN=C(N)c1nn(-c2c(Cl)cc(C(F)(F)F)cc2Cl)c(N)c1S(C)=O. The number of nitrogen functional groups attached to an aromatic ring is 1. The number of carbonyl (C=O) groups is 1. The van der Waals surface area contributed by atoms with E-state index >= 15 is 0 Å². The molecule has 0 aliphatic rings. The molecule has 0 bridgehead atoms. The van der Waals surface area contributed by atoms with Crippen molar-refractivity contribution in [3.63, 3.8) is 0 Å². The Morgan fingerprint density at radius 1 is 1.34 bits per heavy atom. The van der Waals surface area contributed by atoms with Gasteiger partial charge in [0.2, 0.25) is 5.91 Å². The van der Waals surface area contributed by atoms with Crippen LogP contribution in [-0.4, -0.2) is 32.0 Å². The Bertz CT molecular complexity index is 999. The van der Waals surface area contributed by atoms with Gasteiger partial charge in [-0.3, -0.25) is 9.00 Å². The average molecular weight is 471 g/mol. The molecule has 1 atom stereocenters. The molecule has 0 radical (unpaired) electrons. The van der Waals surface area contributed by atoms with Gasteiger partial charge >= 0.3 is 6.18 Å². The molecule has 0 fully saturated rings. The maximum absolute atomic E-state index is 12.9. The quantitative estimate of drug-likeness (QED) is 0.351. The highest BCUT2D eigenvalue weighted by Gasteiger charge is 2.33. The molecule has 29 heavy (non-hydrogen) atoms. The van der Waals surface area contributed by atoms with E-state index in [0.717, 1.165) is 4.68 Å². The van der Waals surface area contributed by atoms with Gasteiger partial charge in [0, 0.05) is 12.7 Å². The zero-order valence-corrected chi connectivity index (χ0v) is 17.3. The summed E-state index contributed by atoms with van der Waals surface area (Å²) in [6.45, 7) is 1.59. The number of rotatable bonds is 5. The molecule has 0 aliphatic heterocycles. The van der Waals surface area contributed by atoms with Crippen molar-refractivity contribution in [3.05, 3.63) is 33.4 Å². The first-order valence-corrected chi connectivity index (χ1v) is 10.1. The predicted octanol–water partition coefficient (Wildman–Crippen LogP) is 2.66. The lowest BCUT2D eigenvalue weighted by Crippen LogP contribution is -2.24. The summed E-state index contributed by atoms with van der Waals surface area (Å²) >= 11 is 12.0. The number of hydrazone groups is 1. The van der Waals surface area contributed by atoms with Crippen molar-refractivity contribution in [2.24, 2.45) is 10.8 Å². The van der Waals surface area contributed by atoms with Gasteiger partial charge in [-0.05, 0) is 12.1 Å². The Labute approximate surface area is 175 Å². The molecule has 1 aromatic carbocycles. The van der Waals surface area contributed by atoms with Crippen molar-refractivity contribution in [2.75, 3.05) is 12.0 Å². The van der Waals surface area contributed by atoms with E-state index in [4.69, 9.17) is 34.7 Å². The number of aromatic nitrogens is 2. The Balaban J connectivity index is 2.67. The van der Waals surface area contributed by atoms with Gasteiger partial charge in [0.15, 0.2) is 5.84 Å². The van der Waals surface area contributed by atoms with Crippen LogP contribution in [0.2, 0.25) is 10.0 Å². The monoisotopic (exact) mass is 470 g/mol. The number of halogens is 5.